The summed E-state index contributed by atoms with van der Waals surface area (Å²) in [5.41, 5.74) is 6.68. The predicted molar refractivity (Wildman–Crippen MR) is 70.5 cm³/mol. The molecule has 0 aliphatic carbocycles. The summed E-state index contributed by atoms with van der Waals surface area (Å²) < 4.78 is 13.5. The standard InChI is InChI=1S/C12H8FN7/c13-7-2-1-3-8(6(7)4-14)18-11-9-10(17-5-16-9)19-12(15)20-11/h1-3,5H,(H4,15,16,17,18,19,20). The van der Waals surface area contributed by atoms with Crippen LogP contribution in [0.15, 0.2) is 24.5 Å². The van der Waals surface area contributed by atoms with E-state index >= 15 is 0 Å². The average Bonchev–Trinajstić information content (AvgIpc) is 2.87. The molecule has 0 unspecified atom stereocenters. The van der Waals surface area contributed by atoms with E-state index in [0.29, 0.717) is 22.7 Å². The maximum absolute atomic E-state index is 13.5. The molecule has 2 aromatic heterocycles. The highest BCUT2D eigenvalue weighted by atomic mass is 19.1. The van der Waals surface area contributed by atoms with Crippen molar-refractivity contribution < 1.29 is 4.39 Å². The van der Waals surface area contributed by atoms with Crippen LogP contribution in [-0.2, 0) is 0 Å². The van der Waals surface area contributed by atoms with Crippen molar-refractivity contribution in [1.29, 1.82) is 5.26 Å². The third-order valence-corrected chi connectivity index (χ3v) is 2.68. The Hall–Kier alpha value is -3.21. The van der Waals surface area contributed by atoms with Gasteiger partial charge in [0.2, 0.25) is 5.95 Å². The molecule has 8 heteroatoms. The third-order valence-electron chi connectivity index (χ3n) is 2.68. The van der Waals surface area contributed by atoms with Crippen molar-refractivity contribution in [3.05, 3.63) is 35.9 Å². The maximum atomic E-state index is 13.5. The highest BCUT2D eigenvalue weighted by Crippen LogP contribution is 2.25. The van der Waals surface area contributed by atoms with E-state index in [2.05, 4.69) is 25.3 Å². The quantitative estimate of drug-likeness (QED) is 0.651. The topological polar surface area (TPSA) is 116 Å². The number of rotatable bonds is 2. The number of aromatic nitrogens is 4. The van der Waals surface area contributed by atoms with Gasteiger partial charge in [0.05, 0.1) is 12.0 Å². The van der Waals surface area contributed by atoms with Crippen molar-refractivity contribution in [2.45, 2.75) is 0 Å². The largest absolute Gasteiger partial charge is 0.368 e. The van der Waals surface area contributed by atoms with E-state index in [-0.39, 0.29) is 11.5 Å². The number of nitriles is 1. The minimum Gasteiger partial charge on any atom is -0.368 e. The highest BCUT2D eigenvalue weighted by molar-refractivity contribution is 5.86. The molecule has 3 aromatic rings. The van der Waals surface area contributed by atoms with E-state index in [0.717, 1.165) is 0 Å². The molecule has 3 rings (SSSR count). The molecule has 0 aliphatic rings. The van der Waals surface area contributed by atoms with Crippen LogP contribution in [0.5, 0.6) is 0 Å². The van der Waals surface area contributed by atoms with Gasteiger partial charge in [-0.1, -0.05) is 6.07 Å². The van der Waals surface area contributed by atoms with E-state index < -0.39 is 5.82 Å². The molecule has 0 saturated heterocycles. The molecule has 0 aliphatic heterocycles. The van der Waals surface area contributed by atoms with Crippen LogP contribution in [0.4, 0.5) is 21.8 Å². The Balaban J connectivity index is 2.13. The third kappa shape index (κ3) is 1.87. The summed E-state index contributed by atoms with van der Waals surface area (Å²) >= 11 is 0. The summed E-state index contributed by atoms with van der Waals surface area (Å²) in [6, 6.07) is 6.08. The van der Waals surface area contributed by atoms with Crippen molar-refractivity contribution in [2.75, 3.05) is 11.1 Å². The van der Waals surface area contributed by atoms with Crippen LogP contribution in [0.1, 0.15) is 5.56 Å². The van der Waals surface area contributed by atoms with Crippen molar-refractivity contribution >= 4 is 28.6 Å². The summed E-state index contributed by atoms with van der Waals surface area (Å²) in [5, 5.41) is 11.9. The van der Waals surface area contributed by atoms with Crippen LogP contribution in [0.25, 0.3) is 11.2 Å². The molecule has 0 spiro atoms. The van der Waals surface area contributed by atoms with Gasteiger partial charge < -0.3 is 16.0 Å². The van der Waals surface area contributed by atoms with Crippen LogP contribution in [-0.4, -0.2) is 19.9 Å². The Morgan fingerprint density at radius 3 is 3.00 bits per heavy atom. The monoisotopic (exact) mass is 269 g/mol. The molecule has 7 nitrogen and oxygen atoms in total. The molecule has 1 aromatic carbocycles. The average molecular weight is 269 g/mol. The number of anilines is 3. The molecular formula is C12H8FN7. The Bertz CT molecular complexity index is 833. The van der Waals surface area contributed by atoms with Gasteiger partial charge in [0.15, 0.2) is 11.5 Å². The van der Waals surface area contributed by atoms with Gasteiger partial charge >= 0.3 is 0 Å². The molecule has 0 fully saturated rings. The van der Waals surface area contributed by atoms with E-state index in [1.807, 2.05) is 0 Å². The first kappa shape index (κ1) is 11.9. The van der Waals surface area contributed by atoms with Crippen LogP contribution < -0.4 is 11.1 Å². The van der Waals surface area contributed by atoms with E-state index in [4.69, 9.17) is 11.0 Å². The minimum atomic E-state index is -0.611. The normalized spacial score (nSPS) is 10.4. The van der Waals surface area contributed by atoms with E-state index in [9.17, 15) is 4.39 Å². The van der Waals surface area contributed by atoms with Gasteiger partial charge in [0.1, 0.15) is 23.0 Å². The number of H-pyrrole nitrogens is 1. The summed E-state index contributed by atoms with van der Waals surface area (Å²) in [6.45, 7) is 0. The Kier molecular flexibility index (Phi) is 2.65. The van der Waals surface area contributed by atoms with Gasteiger partial charge in [-0.3, -0.25) is 0 Å². The smallest absolute Gasteiger partial charge is 0.224 e. The van der Waals surface area contributed by atoms with Crippen LogP contribution in [0.3, 0.4) is 0 Å². The van der Waals surface area contributed by atoms with Gasteiger partial charge in [-0.15, -0.1) is 0 Å². The lowest BCUT2D eigenvalue weighted by atomic mass is 10.2. The van der Waals surface area contributed by atoms with Gasteiger partial charge in [0.25, 0.3) is 0 Å². The molecule has 0 bridgehead atoms. The Morgan fingerprint density at radius 2 is 2.20 bits per heavy atom. The number of imidazole rings is 1. The fourth-order valence-electron chi connectivity index (χ4n) is 1.81. The number of nitrogens with one attached hydrogen (secondary N) is 2. The number of aromatic amines is 1. The SMILES string of the molecule is N#Cc1c(F)cccc1Nc1nc(N)nc2nc[nH]c12. The molecule has 4 N–H and O–H groups in total. The number of nitrogen functional groups attached to an aromatic ring is 1. The molecule has 0 atom stereocenters. The predicted octanol–water partition coefficient (Wildman–Crippen LogP) is 1.69. The van der Waals surface area contributed by atoms with Crippen molar-refractivity contribution in [3.8, 4) is 6.07 Å². The Morgan fingerprint density at radius 1 is 1.35 bits per heavy atom. The van der Waals surface area contributed by atoms with Crippen molar-refractivity contribution in [3.63, 3.8) is 0 Å². The fourth-order valence-corrected chi connectivity index (χ4v) is 1.81. The number of nitrogens with zero attached hydrogens (tertiary/aromatic N) is 4. The van der Waals surface area contributed by atoms with Crippen LogP contribution in [0, 0.1) is 17.1 Å². The molecule has 0 saturated carbocycles. The molecule has 98 valence electrons. The van der Waals surface area contributed by atoms with Crippen LogP contribution >= 0.6 is 0 Å². The first-order chi connectivity index (χ1) is 9.69. The second kappa shape index (κ2) is 4.47. The molecular weight excluding hydrogens is 261 g/mol. The molecule has 20 heavy (non-hydrogen) atoms. The minimum absolute atomic E-state index is 0.0296. The molecule has 2 heterocycles. The van der Waals surface area contributed by atoms with E-state index in [1.54, 1.807) is 12.1 Å². The van der Waals surface area contributed by atoms with Gasteiger partial charge in [0, 0.05) is 0 Å². The highest BCUT2D eigenvalue weighted by Gasteiger charge is 2.12. The zero-order valence-electron chi connectivity index (χ0n) is 10.1. The van der Waals surface area contributed by atoms with Crippen LogP contribution in [0.2, 0.25) is 0 Å². The zero-order chi connectivity index (χ0) is 14.1. The first-order valence-electron chi connectivity index (χ1n) is 5.61. The second-order valence-corrected chi connectivity index (χ2v) is 3.93. The fraction of sp³-hybridized carbons (Fsp3) is 0. The summed E-state index contributed by atoms with van der Waals surface area (Å²) in [5.74, 6) is -0.255. The zero-order valence-corrected chi connectivity index (χ0v) is 10.1. The number of halogens is 1. The summed E-state index contributed by atoms with van der Waals surface area (Å²) in [4.78, 5) is 14.8. The molecule has 0 radical (unpaired) electrons. The second-order valence-electron chi connectivity index (χ2n) is 3.93. The lowest BCUT2D eigenvalue weighted by Gasteiger charge is -2.08. The van der Waals surface area contributed by atoms with E-state index in [1.165, 1.54) is 18.5 Å². The van der Waals surface area contributed by atoms with Crippen molar-refractivity contribution in [2.24, 2.45) is 0 Å². The van der Waals surface area contributed by atoms with Crippen molar-refractivity contribution in [1.82, 2.24) is 19.9 Å². The van der Waals surface area contributed by atoms with Gasteiger partial charge in [-0.05, 0) is 12.1 Å². The number of nitrogens with two attached hydrogens (primary N) is 1. The maximum Gasteiger partial charge on any atom is 0.224 e. The molecule has 0 amide bonds. The summed E-state index contributed by atoms with van der Waals surface area (Å²) in [7, 11) is 0. The number of fused-ring (bicyclic) bond motifs is 1. The van der Waals surface area contributed by atoms with Gasteiger partial charge in [-0.2, -0.15) is 15.2 Å². The number of hydrogen-bond donors (Lipinski definition) is 3. The Labute approximate surface area is 112 Å². The summed E-state index contributed by atoms with van der Waals surface area (Å²) in [6.07, 6.45) is 1.45. The number of benzene rings is 1. The lowest BCUT2D eigenvalue weighted by molar-refractivity contribution is 0.624. The lowest BCUT2D eigenvalue weighted by Crippen LogP contribution is -2.03. The first-order valence-corrected chi connectivity index (χ1v) is 5.61. The van der Waals surface area contributed by atoms with Gasteiger partial charge in [-0.25, -0.2) is 9.37 Å². The number of hydrogen-bond acceptors (Lipinski definition) is 6.